The van der Waals surface area contributed by atoms with Gasteiger partial charge in [-0.05, 0) is 51.4 Å². The van der Waals surface area contributed by atoms with E-state index in [1.54, 1.807) is 0 Å². The zero-order valence-corrected chi connectivity index (χ0v) is 10.9. The smallest absolute Gasteiger partial charge is 0.0125 e. The maximum atomic E-state index is 6.15. The van der Waals surface area contributed by atoms with Crippen LogP contribution >= 0.6 is 12.6 Å². The topological polar surface area (TPSA) is 26.0 Å². The minimum absolute atomic E-state index is 0.00567. The predicted octanol–water partition coefficient (Wildman–Crippen LogP) is 3.24. The SMILES string of the molecule is CC(C)(N)C1CCC(C(C)(C)S)CC1. The van der Waals surface area contributed by atoms with Crippen molar-refractivity contribution in [3.8, 4) is 0 Å². The van der Waals surface area contributed by atoms with E-state index in [-0.39, 0.29) is 10.3 Å². The third-order valence-corrected chi connectivity index (χ3v) is 4.14. The Morgan fingerprint density at radius 2 is 1.29 bits per heavy atom. The van der Waals surface area contributed by atoms with Crippen LogP contribution in [-0.4, -0.2) is 10.3 Å². The molecule has 1 fully saturated rings. The van der Waals surface area contributed by atoms with Gasteiger partial charge in [-0.15, -0.1) is 0 Å². The maximum Gasteiger partial charge on any atom is 0.0125 e. The normalized spacial score (nSPS) is 30.4. The molecule has 14 heavy (non-hydrogen) atoms. The molecule has 2 heteroatoms. The van der Waals surface area contributed by atoms with E-state index in [9.17, 15) is 0 Å². The molecule has 0 aliphatic heterocycles. The Balaban J connectivity index is 2.47. The Morgan fingerprint density at radius 1 is 0.929 bits per heavy atom. The largest absolute Gasteiger partial charge is 0.325 e. The second kappa shape index (κ2) is 4.05. The lowest BCUT2D eigenvalue weighted by Crippen LogP contribution is -2.44. The summed E-state index contributed by atoms with van der Waals surface area (Å²) < 4.78 is 0.184. The lowest BCUT2D eigenvalue weighted by Gasteiger charge is -2.40. The zero-order chi connectivity index (χ0) is 11.0. The van der Waals surface area contributed by atoms with E-state index in [0.29, 0.717) is 5.92 Å². The molecule has 0 spiro atoms. The number of hydrogen-bond acceptors (Lipinski definition) is 2. The van der Waals surface area contributed by atoms with Crippen LogP contribution in [-0.2, 0) is 0 Å². The van der Waals surface area contributed by atoms with E-state index in [1.165, 1.54) is 25.7 Å². The van der Waals surface area contributed by atoms with Crippen LogP contribution in [0.15, 0.2) is 0 Å². The fourth-order valence-corrected chi connectivity index (χ4v) is 2.80. The summed E-state index contributed by atoms with van der Waals surface area (Å²) >= 11 is 4.67. The lowest BCUT2D eigenvalue weighted by atomic mass is 9.71. The number of nitrogens with two attached hydrogens (primary N) is 1. The van der Waals surface area contributed by atoms with Crippen LogP contribution in [0.5, 0.6) is 0 Å². The molecular formula is C12H25NS. The fraction of sp³-hybridized carbons (Fsp3) is 1.00. The van der Waals surface area contributed by atoms with Crippen LogP contribution in [0.3, 0.4) is 0 Å². The fourth-order valence-electron chi connectivity index (χ4n) is 2.54. The quantitative estimate of drug-likeness (QED) is 0.680. The molecule has 0 heterocycles. The molecule has 1 rings (SSSR count). The number of hydrogen-bond donors (Lipinski definition) is 2. The average Bonchev–Trinajstić information content (AvgIpc) is 2.01. The molecule has 0 aromatic carbocycles. The highest BCUT2D eigenvalue weighted by Crippen LogP contribution is 2.40. The predicted molar refractivity (Wildman–Crippen MR) is 66.8 cm³/mol. The molecule has 84 valence electrons. The van der Waals surface area contributed by atoms with Crippen molar-refractivity contribution in [1.29, 1.82) is 0 Å². The highest BCUT2D eigenvalue weighted by atomic mass is 32.1. The molecule has 0 unspecified atom stereocenters. The molecule has 1 aliphatic carbocycles. The molecule has 2 N–H and O–H groups in total. The highest BCUT2D eigenvalue weighted by molar-refractivity contribution is 7.81. The van der Waals surface area contributed by atoms with Gasteiger partial charge in [0.25, 0.3) is 0 Å². The Bertz CT molecular complexity index is 157. The van der Waals surface area contributed by atoms with Crippen LogP contribution in [0, 0.1) is 11.8 Å². The highest BCUT2D eigenvalue weighted by Gasteiger charge is 2.34. The first kappa shape index (κ1) is 12.4. The first-order chi connectivity index (χ1) is 6.21. The standard InChI is InChI=1S/C12H25NS/c1-11(2,13)9-5-7-10(8-6-9)12(3,4)14/h9-10,14H,5-8,13H2,1-4H3. The van der Waals surface area contributed by atoms with Gasteiger partial charge in [0.05, 0.1) is 0 Å². The molecule has 0 radical (unpaired) electrons. The summed E-state index contributed by atoms with van der Waals surface area (Å²) in [6.45, 7) is 8.77. The van der Waals surface area contributed by atoms with Gasteiger partial charge in [0.1, 0.15) is 0 Å². The number of rotatable bonds is 2. The molecule has 0 bridgehead atoms. The molecular weight excluding hydrogens is 190 g/mol. The van der Waals surface area contributed by atoms with Gasteiger partial charge in [-0.25, -0.2) is 0 Å². The first-order valence-electron chi connectivity index (χ1n) is 5.72. The van der Waals surface area contributed by atoms with Gasteiger partial charge < -0.3 is 5.73 Å². The van der Waals surface area contributed by atoms with Crippen LogP contribution < -0.4 is 5.73 Å². The van der Waals surface area contributed by atoms with Crippen LogP contribution in [0.4, 0.5) is 0 Å². The van der Waals surface area contributed by atoms with Crippen molar-refractivity contribution in [3.05, 3.63) is 0 Å². The minimum atomic E-state index is 0.00567. The molecule has 0 atom stereocenters. The van der Waals surface area contributed by atoms with Gasteiger partial charge in [0.15, 0.2) is 0 Å². The van der Waals surface area contributed by atoms with Gasteiger partial charge in [-0.3, -0.25) is 0 Å². The Labute approximate surface area is 94.2 Å². The maximum absolute atomic E-state index is 6.15. The Morgan fingerprint density at radius 3 is 1.57 bits per heavy atom. The number of thiol groups is 1. The molecule has 0 aromatic heterocycles. The van der Waals surface area contributed by atoms with Crippen molar-refractivity contribution in [2.24, 2.45) is 17.6 Å². The van der Waals surface area contributed by atoms with E-state index >= 15 is 0 Å². The minimum Gasteiger partial charge on any atom is -0.325 e. The van der Waals surface area contributed by atoms with E-state index in [1.807, 2.05) is 0 Å². The van der Waals surface area contributed by atoms with Gasteiger partial charge in [0, 0.05) is 10.3 Å². The molecule has 1 saturated carbocycles. The Hall–Kier alpha value is 0.310. The summed E-state index contributed by atoms with van der Waals surface area (Å²) in [5.74, 6) is 1.47. The Kier molecular flexibility index (Phi) is 3.58. The monoisotopic (exact) mass is 215 g/mol. The summed E-state index contributed by atoms with van der Waals surface area (Å²) in [6.07, 6.45) is 5.14. The second-order valence-corrected chi connectivity index (χ2v) is 7.18. The van der Waals surface area contributed by atoms with Crippen molar-refractivity contribution in [2.75, 3.05) is 0 Å². The third-order valence-electron chi connectivity index (χ3n) is 3.78. The van der Waals surface area contributed by atoms with Gasteiger partial charge in [-0.1, -0.05) is 13.8 Å². The van der Waals surface area contributed by atoms with Crippen molar-refractivity contribution in [1.82, 2.24) is 0 Å². The van der Waals surface area contributed by atoms with Gasteiger partial charge in [0.2, 0.25) is 0 Å². The van der Waals surface area contributed by atoms with Gasteiger partial charge in [-0.2, -0.15) is 12.6 Å². The summed E-state index contributed by atoms with van der Waals surface area (Å²) in [7, 11) is 0. The van der Waals surface area contributed by atoms with E-state index in [2.05, 4.69) is 40.3 Å². The summed E-state index contributed by atoms with van der Waals surface area (Å²) in [5.41, 5.74) is 6.15. The van der Waals surface area contributed by atoms with Crippen LogP contribution in [0.2, 0.25) is 0 Å². The van der Waals surface area contributed by atoms with Crippen molar-refractivity contribution >= 4 is 12.6 Å². The molecule has 0 saturated heterocycles. The molecule has 0 amide bonds. The first-order valence-corrected chi connectivity index (χ1v) is 6.17. The molecule has 1 aliphatic rings. The van der Waals surface area contributed by atoms with Crippen molar-refractivity contribution in [3.63, 3.8) is 0 Å². The van der Waals surface area contributed by atoms with Crippen molar-refractivity contribution in [2.45, 2.75) is 63.7 Å². The van der Waals surface area contributed by atoms with Crippen LogP contribution in [0.1, 0.15) is 53.4 Å². The second-order valence-electron chi connectivity index (χ2n) is 6.02. The lowest BCUT2D eigenvalue weighted by molar-refractivity contribution is 0.180. The average molecular weight is 215 g/mol. The summed E-state index contributed by atoms with van der Waals surface area (Å²) in [4.78, 5) is 0. The molecule has 0 aromatic rings. The zero-order valence-electron chi connectivity index (χ0n) is 10.0. The van der Waals surface area contributed by atoms with E-state index < -0.39 is 0 Å². The van der Waals surface area contributed by atoms with Crippen LogP contribution in [0.25, 0.3) is 0 Å². The third kappa shape index (κ3) is 3.16. The van der Waals surface area contributed by atoms with E-state index in [0.717, 1.165) is 5.92 Å². The van der Waals surface area contributed by atoms with E-state index in [4.69, 9.17) is 5.73 Å². The summed E-state index contributed by atoms with van der Waals surface area (Å²) in [5, 5.41) is 0. The van der Waals surface area contributed by atoms with Crippen molar-refractivity contribution < 1.29 is 0 Å². The van der Waals surface area contributed by atoms with Gasteiger partial charge >= 0.3 is 0 Å². The summed E-state index contributed by atoms with van der Waals surface area (Å²) in [6, 6.07) is 0. The molecule has 1 nitrogen and oxygen atoms in total.